The molecule has 124 valence electrons. The Hall–Kier alpha value is -3.17. The molecule has 0 atom stereocenters. The number of hydrogen-bond acceptors (Lipinski definition) is 4. The van der Waals surface area contributed by atoms with E-state index in [4.69, 9.17) is 11.6 Å². The first-order valence-corrected chi connectivity index (χ1v) is 7.76. The Morgan fingerprint density at radius 1 is 1.32 bits per heavy atom. The van der Waals surface area contributed by atoms with Crippen molar-refractivity contribution < 1.29 is 4.39 Å². The van der Waals surface area contributed by atoms with Crippen LogP contribution in [0.15, 0.2) is 47.5 Å². The van der Waals surface area contributed by atoms with Crippen molar-refractivity contribution in [2.45, 2.75) is 6.92 Å². The number of aromatic nitrogens is 2. The van der Waals surface area contributed by atoms with Gasteiger partial charge < -0.3 is 5.32 Å². The van der Waals surface area contributed by atoms with Gasteiger partial charge in [-0.3, -0.25) is 5.10 Å². The molecule has 0 amide bonds. The van der Waals surface area contributed by atoms with Crippen LogP contribution in [0.2, 0.25) is 5.02 Å². The molecule has 3 aromatic rings. The molecule has 2 aromatic carbocycles. The molecule has 3 rings (SSSR count). The van der Waals surface area contributed by atoms with E-state index in [-0.39, 0.29) is 11.4 Å². The second-order valence-corrected chi connectivity index (χ2v) is 5.74. The highest BCUT2D eigenvalue weighted by Crippen LogP contribution is 2.26. The molecule has 0 fully saturated rings. The smallest absolute Gasteiger partial charge is 0.172 e. The molecule has 0 saturated heterocycles. The number of hydrogen-bond donors (Lipinski definition) is 2. The fourth-order valence-electron chi connectivity index (χ4n) is 2.24. The second kappa shape index (κ2) is 7.16. The minimum absolute atomic E-state index is 0.274. The van der Waals surface area contributed by atoms with Crippen molar-refractivity contribution in [3.05, 3.63) is 70.0 Å². The lowest BCUT2D eigenvalue weighted by Gasteiger charge is -2.03. The topological polar surface area (TPSA) is 76.9 Å². The first kappa shape index (κ1) is 16.7. The third kappa shape index (κ3) is 3.84. The predicted octanol–water partition coefficient (Wildman–Crippen LogP) is 4.88. The van der Waals surface area contributed by atoms with Gasteiger partial charge in [-0.25, -0.2) is 9.38 Å². The summed E-state index contributed by atoms with van der Waals surface area (Å²) in [6.07, 6.45) is 1.56. The van der Waals surface area contributed by atoms with Crippen LogP contribution in [0.25, 0.3) is 0 Å². The molecule has 25 heavy (non-hydrogen) atoms. The Bertz CT molecular complexity index is 987. The van der Waals surface area contributed by atoms with Gasteiger partial charge in [0.1, 0.15) is 17.4 Å². The number of H-pyrrole nitrogens is 1. The van der Waals surface area contributed by atoms with E-state index < -0.39 is 0 Å². The quantitative estimate of drug-likeness (QED) is 0.656. The van der Waals surface area contributed by atoms with Gasteiger partial charge in [0, 0.05) is 16.9 Å². The van der Waals surface area contributed by atoms with Crippen molar-refractivity contribution >= 4 is 35.1 Å². The van der Waals surface area contributed by atoms with E-state index in [9.17, 15) is 9.65 Å². The molecule has 0 radical (unpaired) electrons. The van der Waals surface area contributed by atoms with Crippen molar-refractivity contribution in [1.29, 1.82) is 5.26 Å². The van der Waals surface area contributed by atoms with Gasteiger partial charge in [0.15, 0.2) is 11.6 Å². The number of rotatable bonds is 4. The standard InChI is InChI=1S/C18H13ClFN5/c1-11-7-14(20)6-5-12(11)10-22-17-16(9-21)18(25-24-17)23-15-4-2-3-13(19)8-15/h2-8,10H,1H3,(H2,23,24,25)/b22-10+. The molecule has 0 saturated carbocycles. The maximum absolute atomic E-state index is 13.1. The van der Waals surface area contributed by atoms with Gasteiger partial charge in [0.25, 0.3) is 0 Å². The van der Waals surface area contributed by atoms with E-state index in [0.29, 0.717) is 22.3 Å². The van der Waals surface area contributed by atoms with Crippen LogP contribution in [0.4, 0.5) is 21.7 Å². The van der Waals surface area contributed by atoms with Crippen LogP contribution in [0.1, 0.15) is 16.7 Å². The number of nitrogens with one attached hydrogen (secondary N) is 2. The number of nitrogens with zero attached hydrogens (tertiary/aromatic N) is 3. The lowest BCUT2D eigenvalue weighted by atomic mass is 10.1. The highest BCUT2D eigenvalue weighted by atomic mass is 35.5. The van der Waals surface area contributed by atoms with Crippen LogP contribution in [-0.4, -0.2) is 16.4 Å². The van der Waals surface area contributed by atoms with Gasteiger partial charge >= 0.3 is 0 Å². The Labute approximate surface area is 148 Å². The van der Waals surface area contributed by atoms with Crippen LogP contribution >= 0.6 is 11.6 Å². The molecule has 2 N–H and O–H groups in total. The summed E-state index contributed by atoms with van der Waals surface area (Å²) in [5, 5.41) is 19.8. The summed E-state index contributed by atoms with van der Waals surface area (Å²) in [6, 6.07) is 13.6. The summed E-state index contributed by atoms with van der Waals surface area (Å²) in [5.74, 6) is 0.366. The first-order valence-electron chi connectivity index (χ1n) is 7.38. The lowest BCUT2D eigenvalue weighted by molar-refractivity contribution is 0.626. The molecule has 1 aromatic heterocycles. The van der Waals surface area contributed by atoms with Gasteiger partial charge in [-0.05, 0) is 48.4 Å². The van der Waals surface area contributed by atoms with E-state index >= 15 is 0 Å². The highest BCUT2D eigenvalue weighted by Gasteiger charge is 2.12. The fourth-order valence-corrected chi connectivity index (χ4v) is 2.43. The average molecular weight is 354 g/mol. The Morgan fingerprint density at radius 3 is 2.88 bits per heavy atom. The summed E-state index contributed by atoms with van der Waals surface area (Å²) < 4.78 is 13.1. The van der Waals surface area contributed by atoms with Gasteiger partial charge in [-0.1, -0.05) is 23.7 Å². The molecule has 0 spiro atoms. The molecule has 0 aliphatic rings. The molecule has 0 aliphatic heterocycles. The van der Waals surface area contributed by atoms with Crippen LogP contribution in [-0.2, 0) is 0 Å². The molecule has 0 bridgehead atoms. The zero-order chi connectivity index (χ0) is 17.8. The van der Waals surface area contributed by atoms with E-state index in [2.05, 4.69) is 26.6 Å². The summed E-state index contributed by atoms with van der Waals surface area (Å²) in [6.45, 7) is 1.79. The zero-order valence-corrected chi connectivity index (χ0v) is 14.0. The summed E-state index contributed by atoms with van der Waals surface area (Å²) in [5.41, 5.74) is 2.49. The molecule has 7 heteroatoms. The number of anilines is 2. The van der Waals surface area contributed by atoms with Crippen LogP contribution in [0.3, 0.4) is 0 Å². The number of halogens is 2. The Morgan fingerprint density at radius 2 is 2.16 bits per heavy atom. The Kier molecular flexibility index (Phi) is 4.78. The summed E-state index contributed by atoms with van der Waals surface area (Å²) >= 11 is 5.95. The first-order chi connectivity index (χ1) is 12.1. The average Bonchev–Trinajstić information content (AvgIpc) is 2.95. The van der Waals surface area contributed by atoms with E-state index in [0.717, 1.165) is 11.1 Å². The van der Waals surface area contributed by atoms with Gasteiger partial charge in [0.2, 0.25) is 0 Å². The van der Waals surface area contributed by atoms with Crippen molar-refractivity contribution in [3.63, 3.8) is 0 Å². The normalized spacial score (nSPS) is 10.8. The molecular formula is C18H13ClFN5. The number of nitriles is 1. The van der Waals surface area contributed by atoms with Crippen molar-refractivity contribution in [3.8, 4) is 6.07 Å². The summed E-state index contributed by atoms with van der Waals surface area (Å²) in [4.78, 5) is 4.26. The minimum atomic E-state index is -0.304. The maximum atomic E-state index is 13.1. The minimum Gasteiger partial charge on any atom is -0.338 e. The molecule has 0 aliphatic carbocycles. The van der Waals surface area contributed by atoms with Gasteiger partial charge in [-0.15, -0.1) is 0 Å². The zero-order valence-electron chi connectivity index (χ0n) is 13.2. The number of aromatic amines is 1. The van der Waals surface area contributed by atoms with E-state index in [1.165, 1.54) is 12.1 Å². The predicted molar refractivity (Wildman–Crippen MR) is 96.4 cm³/mol. The maximum Gasteiger partial charge on any atom is 0.172 e. The monoisotopic (exact) mass is 353 g/mol. The van der Waals surface area contributed by atoms with Crippen molar-refractivity contribution in [1.82, 2.24) is 10.2 Å². The number of benzene rings is 2. The van der Waals surface area contributed by atoms with Crippen LogP contribution in [0, 0.1) is 24.1 Å². The van der Waals surface area contributed by atoms with Gasteiger partial charge in [-0.2, -0.15) is 10.4 Å². The summed E-state index contributed by atoms with van der Waals surface area (Å²) in [7, 11) is 0. The molecule has 0 unspecified atom stereocenters. The fraction of sp³-hybridized carbons (Fsp3) is 0.0556. The number of aryl methyl sites for hydroxylation is 1. The van der Waals surface area contributed by atoms with Crippen LogP contribution < -0.4 is 5.32 Å². The molecular weight excluding hydrogens is 341 g/mol. The third-order valence-electron chi connectivity index (χ3n) is 3.51. The number of aliphatic imine (C=N–C) groups is 1. The third-order valence-corrected chi connectivity index (χ3v) is 3.75. The molecule has 5 nitrogen and oxygen atoms in total. The van der Waals surface area contributed by atoms with E-state index in [1.54, 1.807) is 37.4 Å². The van der Waals surface area contributed by atoms with Gasteiger partial charge in [0.05, 0.1) is 0 Å². The Balaban J connectivity index is 1.87. The van der Waals surface area contributed by atoms with E-state index in [1.807, 2.05) is 6.07 Å². The molecule has 1 heterocycles. The van der Waals surface area contributed by atoms with Crippen LogP contribution in [0.5, 0.6) is 0 Å². The SMILES string of the molecule is Cc1cc(F)ccc1/C=N/c1[nH]nc(Nc2cccc(Cl)c2)c1C#N. The largest absolute Gasteiger partial charge is 0.338 e. The van der Waals surface area contributed by atoms with Crippen molar-refractivity contribution in [2.24, 2.45) is 4.99 Å². The lowest BCUT2D eigenvalue weighted by Crippen LogP contribution is -1.92. The van der Waals surface area contributed by atoms with Crippen molar-refractivity contribution in [2.75, 3.05) is 5.32 Å². The highest BCUT2D eigenvalue weighted by molar-refractivity contribution is 6.30. The second-order valence-electron chi connectivity index (χ2n) is 5.30.